The zero-order chi connectivity index (χ0) is 11.1. The van der Waals surface area contributed by atoms with Crippen LogP contribution >= 0.6 is 0 Å². The normalized spacial score (nSPS) is 23.5. The topological polar surface area (TPSA) is 38.3 Å². The highest BCUT2D eigenvalue weighted by Crippen LogP contribution is 2.16. The first-order valence-electron chi connectivity index (χ1n) is 6.12. The van der Waals surface area contributed by atoms with Gasteiger partial charge in [0.15, 0.2) is 0 Å². The second-order valence-electron chi connectivity index (χ2n) is 4.46. The Kier molecular flexibility index (Phi) is 5.69. The molecule has 0 aromatic rings. The first-order chi connectivity index (χ1) is 7.22. The van der Waals surface area contributed by atoms with E-state index in [-0.39, 0.29) is 12.1 Å². The number of nitrogens with one attached hydrogen (secondary N) is 1. The predicted octanol–water partition coefficient (Wildman–Crippen LogP) is 2.11. The summed E-state index contributed by atoms with van der Waals surface area (Å²) in [6.07, 6.45) is 5.02. The summed E-state index contributed by atoms with van der Waals surface area (Å²) >= 11 is 0. The van der Waals surface area contributed by atoms with Crippen molar-refractivity contribution in [1.29, 1.82) is 0 Å². The smallest absolute Gasteiger partial charge is 0.306 e. The maximum atomic E-state index is 11.4. The minimum absolute atomic E-state index is 0.0325. The first-order valence-corrected chi connectivity index (χ1v) is 6.12. The van der Waals surface area contributed by atoms with Gasteiger partial charge in [-0.15, -0.1) is 0 Å². The molecule has 0 aromatic heterocycles. The van der Waals surface area contributed by atoms with Crippen molar-refractivity contribution in [2.45, 2.75) is 52.1 Å². The van der Waals surface area contributed by atoms with Gasteiger partial charge in [0.05, 0.1) is 6.10 Å². The molecule has 3 nitrogen and oxygen atoms in total. The van der Waals surface area contributed by atoms with Crippen LogP contribution in [0.15, 0.2) is 0 Å². The van der Waals surface area contributed by atoms with Crippen molar-refractivity contribution >= 4 is 5.97 Å². The van der Waals surface area contributed by atoms with Gasteiger partial charge in [0, 0.05) is 6.42 Å². The fraction of sp³-hybridized carbons (Fsp3) is 0.917. The van der Waals surface area contributed by atoms with Gasteiger partial charge in [-0.3, -0.25) is 4.79 Å². The minimum Gasteiger partial charge on any atom is -0.463 e. The molecule has 1 rings (SSSR count). The zero-order valence-electron chi connectivity index (χ0n) is 9.92. The summed E-state index contributed by atoms with van der Waals surface area (Å²) in [7, 11) is 0. The van der Waals surface area contributed by atoms with Crippen LogP contribution in [0.3, 0.4) is 0 Å². The lowest BCUT2D eigenvalue weighted by molar-refractivity contribution is -0.148. The number of esters is 1. The molecule has 1 N–H and O–H groups in total. The third-order valence-corrected chi connectivity index (χ3v) is 3.06. The maximum Gasteiger partial charge on any atom is 0.306 e. The van der Waals surface area contributed by atoms with Crippen molar-refractivity contribution in [3.8, 4) is 0 Å². The summed E-state index contributed by atoms with van der Waals surface area (Å²) in [5.41, 5.74) is 0. The van der Waals surface area contributed by atoms with Crippen LogP contribution < -0.4 is 5.32 Å². The second kappa shape index (κ2) is 6.83. The lowest BCUT2D eigenvalue weighted by Gasteiger charge is -2.22. The molecule has 15 heavy (non-hydrogen) atoms. The van der Waals surface area contributed by atoms with Crippen LogP contribution in [-0.2, 0) is 9.53 Å². The van der Waals surface area contributed by atoms with E-state index in [4.69, 9.17) is 4.74 Å². The summed E-state index contributed by atoms with van der Waals surface area (Å²) in [5, 5.41) is 3.36. The first kappa shape index (κ1) is 12.5. The van der Waals surface area contributed by atoms with Gasteiger partial charge in [0.2, 0.25) is 0 Å². The number of carbonyl (C=O) groups excluding carboxylic acids is 1. The minimum atomic E-state index is -0.0325. The van der Waals surface area contributed by atoms with Crippen molar-refractivity contribution in [1.82, 2.24) is 5.32 Å². The quantitative estimate of drug-likeness (QED) is 0.711. The standard InChI is InChI=1S/C12H23NO2/c1-3-10(2)15-12(14)7-6-11-5-4-8-13-9-11/h10-11,13H,3-9H2,1-2H3. The molecule has 1 fully saturated rings. The molecule has 1 aliphatic heterocycles. The summed E-state index contributed by atoms with van der Waals surface area (Å²) in [6.45, 7) is 6.17. The Balaban J connectivity index is 2.10. The SMILES string of the molecule is CCC(C)OC(=O)CCC1CCCNC1. The van der Waals surface area contributed by atoms with Crippen LogP contribution in [0.5, 0.6) is 0 Å². The largest absolute Gasteiger partial charge is 0.463 e. The Labute approximate surface area is 92.6 Å². The molecular formula is C12H23NO2. The Hall–Kier alpha value is -0.570. The zero-order valence-corrected chi connectivity index (χ0v) is 9.92. The van der Waals surface area contributed by atoms with Crippen LogP contribution in [0, 0.1) is 5.92 Å². The van der Waals surface area contributed by atoms with Crippen molar-refractivity contribution in [3.05, 3.63) is 0 Å². The molecular weight excluding hydrogens is 190 g/mol. The van der Waals surface area contributed by atoms with E-state index in [0.717, 1.165) is 25.9 Å². The molecule has 0 aliphatic carbocycles. The summed E-state index contributed by atoms with van der Waals surface area (Å²) in [5.74, 6) is 0.637. The third kappa shape index (κ3) is 5.17. The number of carbonyl (C=O) groups is 1. The number of ether oxygens (including phenoxy) is 1. The number of hydrogen-bond donors (Lipinski definition) is 1. The molecule has 88 valence electrons. The summed E-state index contributed by atoms with van der Waals surface area (Å²) in [4.78, 5) is 11.4. The molecule has 1 saturated heterocycles. The highest BCUT2D eigenvalue weighted by molar-refractivity contribution is 5.69. The van der Waals surface area contributed by atoms with E-state index in [9.17, 15) is 4.79 Å². The van der Waals surface area contributed by atoms with E-state index < -0.39 is 0 Å². The average Bonchev–Trinajstić information content (AvgIpc) is 2.27. The number of rotatable bonds is 5. The van der Waals surface area contributed by atoms with Crippen LogP contribution in [0.2, 0.25) is 0 Å². The molecule has 0 spiro atoms. The number of piperidine rings is 1. The fourth-order valence-corrected chi connectivity index (χ4v) is 1.86. The molecule has 2 atom stereocenters. The van der Waals surface area contributed by atoms with E-state index >= 15 is 0 Å². The molecule has 0 bridgehead atoms. The van der Waals surface area contributed by atoms with E-state index in [1.807, 2.05) is 13.8 Å². The fourth-order valence-electron chi connectivity index (χ4n) is 1.86. The molecule has 2 unspecified atom stereocenters. The lowest BCUT2D eigenvalue weighted by Crippen LogP contribution is -2.30. The Morgan fingerprint density at radius 1 is 1.60 bits per heavy atom. The number of hydrogen-bond acceptors (Lipinski definition) is 3. The van der Waals surface area contributed by atoms with Crippen LogP contribution in [-0.4, -0.2) is 25.2 Å². The van der Waals surface area contributed by atoms with Gasteiger partial charge < -0.3 is 10.1 Å². The van der Waals surface area contributed by atoms with Crippen LogP contribution in [0.25, 0.3) is 0 Å². The van der Waals surface area contributed by atoms with Crippen molar-refractivity contribution in [3.63, 3.8) is 0 Å². The molecule has 0 aromatic carbocycles. The van der Waals surface area contributed by atoms with Gasteiger partial charge in [-0.25, -0.2) is 0 Å². The Bertz CT molecular complexity index is 188. The second-order valence-corrected chi connectivity index (χ2v) is 4.46. The molecule has 3 heteroatoms. The Morgan fingerprint density at radius 3 is 3.00 bits per heavy atom. The average molecular weight is 213 g/mol. The van der Waals surface area contributed by atoms with Crippen molar-refractivity contribution in [2.24, 2.45) is 5.92 Å². The maximum absolute atomic E-state index is 11.4. The molecule has 0 saturated carbocycles. The van der Waals surface area contributed by atoms with Gasteiger partial charge in [-0.2, -0.15) is 0 Å². The third-order valence-electron chi connectivity index (χ3n) is 3.06. The van der Waals surface area contributed by atoms with Crippen LogP contribution in [0.4, 0.5) is 0 Å². The molecule has 1 aliphatic rings. The van der Waals surface area contributed by atoms with Gasteiger partial charge in [-0.1, -0.05) is 6.92 Å². The van der Waals surface area contributed by atoms with Gasteiger partial charge in [0.25, 0.3) is 0 Å². The highest BCUT2D eigenvalue weighted by Gasteiger charge is 2.15. The monoisotopic (exact) mass is 213 g/mol. The Morgan fingerprint density at radius 2 is 2.40 bits per heavy atom. The summed E-state index contributed by atoms with van der Waals surface area (Å²) < 4.78 is 5.23. The van der Waals surface area contributed by atoms with Crippen LogP contribution in [0.1, 0.15) is 46.0 Å². The molecule has 0 radical (unpaired) electrons. The van der Waals surface area contributed by atoms with E-state index in [0.29, 0.717) is 12.3 Å². The van der Waals surface area contributed by atoms with Gasteiger partial charge in [-0.05, 0) is 51.6 Å². The van der Waals surface area contributed by atoms with Gasteiger partial charge >= 0.3 is 5.97 Å². The molecule has 0 amide bonds. The predicted molar refractivity (Wildman–Crippen MR) is 60.7 cm³/mol. The van der Waals surface area contributed by atoms with Gasteiger partial charge in [0.1, 0.15) is 0 Å². The van der Waals surface area contributed by atoms with E-state index in [1.54, 1.807) is 0 Å². The molecule has 1 heterocycles. The van der Waals surface area contributed by atoms with E-state index in [2.05, 4.69) is 5.32 Å². The lowest BCUT2D eigenvalue weighted by atomic mass is 9.95. The van der Waals surface area contributed by atoms with E-state index in [1.165, 1.54) is 12.8 Å². The summed E-state index contributed by atoms with van der Waals surface area (Å²) in [6, 6.07) is 0. The highest BCUT2D eigenvalue weighted by atomic mass is 16.5. The van der Waals surface area contributed by atoms with Crippen molar-refractivity contribution < 1.29 is 9.53 Å². The van der Waals surface area contributed by atoms with Crippen molar-refractivity contribution in [2.75, 3.05) is 13.1 Å².